The van der Waals surface area contributed by atoms with Crippen LogP contribution in [0.15, 0.2) is 18.2 Å². The quantitative estimate of drug-likeness (QED) is 0.841. The summed E-state index contributed by atoms with van der Waals surface area (Å²) in [5.74, 6) is 5.84. The van der Waals surface area contributed by atoms with Crippen LogP contribution in [0.3, 0.4) is 0 Å². The van der Waals surface area contributed by atoms with Crippen LogP contribution in [0.2, 0.25) is 0 Å². The Kier molecular flexibility index (Phi) is 5.85. The summed E-state index contributed by atoms with van der Waals surface area (Å²) in [5.41, 5.74) is 0.519. The number of hydrogen-bond donors (Lipinski definition) is 1. The molecule has 108 valence electrons. The monoisotopic (exact) mass is 278 g/mol. The van der Waals surface area contributed by atoms with E-state index in [9.17, 15) is 4.39 Å². The van der Waals surface area contributed by atoms with E-state index in [2.05, 4.69) is 11.8 Å². The maximum Gasteiger partial charge on any atom is 0.135 e. The minimum absolute atomic E-state index is 0.00246. The van der Waals surface area contributed by atoms with Gasteiger partial charge in [-0.1, -0.05) is 11.8 Å². The van der Waals surface area contributed by atoms with Crippen molar-refractivity contribution in [2.24, 2.45) is 0 Å². The van der Waals surface area contributed by atoms with Gasteiger partial charge in [0, 0.05) is 19.4 Å². The molecule has 3 nitrogen and oxygen atoms in total. The fourth-order valence-electron chi connectivity index (χ4n) is 2.11. The molecule has 0 spiro atoms. The highest BCUT2D eigenvalue weighted by atomic mass is 19.1. The molecule has 20 heavy (non-hydrogen) atoms. The summed E-state index contributed by atoms with van der Waals surface area (Å²) in [7, 11) is 0. The van der Waals surface area contributed by atoms with E-state index in [0.717, 1.165) is 25.9 Å². The molecule has 1 saturated heterocycles. The van der Waals surface area contributed by atoms with E-state index >= 15 is 0 Å². The van der Waals surface area contributed by atoms with Crippen LogP contribution >= 0.6 is 0 Å². The second-order valence-electron chi connectivity index (χ2n) is 4.69. The van der Waals surface area contributed by atoms with E-state index in [1.54, 1.807) is 6.07 Å². The number of aliphatic hydroxyl groups excluding tert-OH is 1. The van der Waals surface area contributed by atoms with Crippen LogP contribution < -0.4 is 4.74 Å². The molecule has 1 unspecified atom stereocenters. The maximum atomic E-state index is 13.2. The van der Waals surface area contributed by atoms with Crippen LogP contribution in [0, 0.1) is 17.7 Å². The van der Waals surface area contributed by atoms with E-state index in [1.165, 1.54) is 12.1 Å². The van der Waals surface area contributed by atoms with E-state index in [0.29, 0.717) is 24.3 Å². The van der Waals surface area contributed by atoms with Gasteiger partial charge in [-0.3, -0.25) is 0 Å². The minimum Gasteiger partial charge on any atom is -0.492 e. The van der Waals surface area contributed by atoms with E-state index in [1.807, 2.05) is 0 Å². The zero-order valence-corrected chi connectivity index (χ0v) is 11.4. The number of halogens is 1. The standard InChI is InChI=1S/C16H19FO3/c17-14-6-7-16(13(12-14)4-1-2-9-18)20-11-8-15-5-3-10-19-15/h6-7,12,15,18H,2-3,5,8-11H2. The lowest BCUT2D eigenvalue weighted by atomic mass is 10.2. The summed E-state index contributed by atoms with van der Waals surface area (Å²) in [6.07, 6.45) is 3.67. The van der Waals surface area contributed by atoms with Gasteiger partial charge in [0.15, 0.2) is 0 Å². The van der Waals surface area contributed by atoms with Crippen LogP contribution in [0.1, 0.15) is 31.2 Å². The molecular weight excluding hydrogens is 259 g/mol. The van der Waals surface area contributed by atoms with Crippen molar-refractivity contribution in [3.8, 4) is 17.6 Å². The van der Waals surface area contributed by atoms with Gasteiger partial charge in [0.1, 0.15) is 11.6 Å². The van der Waals surface area contributed by atoms with Crippen molar-refractivity contribution in [3.05, 3.63) is 29.6 Å². The molecule has 2 rings (SSSR count). The molecule has 0 aliphatic carbocycles. The third kappa shape index (κ3) is 4.52. The summed E-state index contributed by atoms with van der Waals surface area (Å²) in [5, 5.41) is 8.71. The summed E-state index contributed by atoms with van der Waals surface area (Å²) in [4.78, 5) is 0. The highest BCUT2D eigenvalue weighted by Gasteiger charge is 2.15. The van der Waals surface area contributed by atoms with Crippen molar-refractivity contribution in [1.29, 1.82) is 0 Å². The summed E-state index contributed by atoms with van der Waals surface area (Å²) < 4.78 is 24.4. The summed E-state index contributed by atoms with van der Waals surface area (Å²) in [6, 6.07) is 4.30. The van der Waals surface area contributed by atoms with Gasteiger partial charge in [0.25, 0.3) is 0 Å². The lowest BCUT2D eigenvalue weighted by Gasteiger charge is -2.11. The van der Waals surface area contributed by atoms with Gasteiger partial charge in [-0.15, -0.1) is 0 Å². The van der Waals surface area contributed by atoms with Crippen LogP contribution in [-0.4, -0.2) is 31.0 Å². The smallest absolute Gasteiger partial charge is 0.135 e. The fraction of sp³-hybridized carbons (Fsp3) is 0.500. The number of rotatable bonds is 5. The SMILES string of the molecule is OCCC#Cc1cc(F)ccc1OCCC1CCCO1. The first-order valence-corrected chi connectivity index (χ1v) is 6.93. The molecule has 1 aliphatic rings. The molecule has 1 fully saturated rings. The minimum atomic E-state index is -0.343. The molecule has 1 aromatic rings. The molecule has 1 atom stereocenters. The average Bonchev–Trinajstić information content (AvgIpc) is 2.95. The molecule has 1 N–H and O–H groups in total. The predicted molar refractivity (Wildman–Crippen MR) is 74.1 cm³/mol. The van der Waals surface area contributed by atoms with Crippen LogP contribution in [0.4, 0.5) is 4.39 Å². The second kappa shape index (κ2) is 7.88. The molecule has 0 aromatic heterocycles. The van der Waals surface area contributed by atoms with Crippen molar-refractivity contribution in [1.82, 2.24) is 0 Å². The molecule has 4 heteroatoms. The zero-order valence-electron chi connectivity index (χ0n) is 11.4. The third-order valence-electron chi connectivity index (χ3n) is 3.12. The number of benzene rings is 1. The van der Waals surface area contributed by atoms with Gasteiger partial charge < -0.3 is 14.6 Å². The molecular formula is C16H19FO3. The first kappa shape index (κ1) is 14.8. The van der Waals surface area contributed by atoms with Crippen molar-refractivity contribution >= 4 is 0 Å². The van der Waals surface area contributed by atoms with Crippen LogP contribution in [0.5, 0.6) is 5.75 Å². The highest BCUT2D eigenvalue weighted by molar-refractivity contribution is 5.46. The Hall–Kier alpha value is -1.57. The summed E-state index contributed by atoms with van der Waals surface area (Å²) >= 11 is 0. The first-order chi connectivity index (χ1) is 9.79. The Bertz CT molecular complexity index is 484. The lowest BCUT2D eigenvalue weighted by Crippen LogP contribution is -2.11. The van der Waals surface area contributed by atoms with Crippen LogP contribution in [-0.2, 0) is 4.74 Å². The Labute approximate surface area is 118 Å². The van der Waals surface area contributed by atoms with Crippen molar-refractivity contribution in [2.75, 3.05) is 19.8 Å². The number of ether oxygens (including phenoxy) is 2. The Morgan fingerprint density at radius 1 is 1.45 bits per heavy atom. The highest BCUT2D eigenvalue weighted by Crippen LogP contribution is 2.20. The van der Waals surface area contributed by atoms with Gasteiger partial charge in [-0.2, -0.15) is 0 Å². The first-order valence-electron chi connectivity index (χ1n) is 6.93. The van der Waals surface area contributed by atoms with Crippen molar-refractivity contribution in [2.45, 2.75) is 31.8 Å². The normalized spacial score (nSPS) is 17.6. The fourth-order valence-corrected chi connectivity index (χ4v) is 2.11. The molecule has 1 aromatic carbocycles. The van der Waals surface area contributed by atoms with E-state index in [-0.39, 0.29) is 18.5 Å². The zero-order chi connectivity index (χ0) is 14.2. The number of aliphatic hydroxyl groups is 1. The van der Waals surface area contributed by atoms with Gasteiger partial charge in [-0.25, -0.2) is 4.39 Å². The van der Waals surface area contributed by atoms with Gasteiger partial charge in [0.05, 0.1) is 24.9 Å². The van der Waals surface area contributed by atoms with Gasteiger partial charge >= 0.3 is 0 Å². The molecule has 1 aliphatic heterocycles. The largest absolute Gasteiger partial charge is 0.492 e. The third-order valence-corrected chi connectivity index (χ3v) is 3.12. The van der Waals surface area contributed by atoms with Gasteiger partial charge in [0.2, 0.25) is 0 Å². The van der Waals surface area contributed by atoms with Gasteiger partial charge in [-0.05, 0) is 31.0 Å². The second-order valence-corrected chi connectivity index (χ2v) is 4.69. The molecule has 0 bridgehead atoms. The Morgan fingerprint density at radius 3 is 3.10 bits per heavy atom. The Morgan fingerprint density at radius 2 is 2.35 bits per heavy atom. The van der Waals surface area contributed by atoms with Crippen LogP contribution in [0.25, 0.3) is 0 Å². The topological polar surface area (TPSA) is 38.7 Å². The molecule has 0 radical (unpaired) electrons. The molecule has 0 amide bonds. The van der Waals surface area contributed by atoms with E-state index < -0.39 is 0 Å². The maximum absolute atomic E-state index is 13.2. The number of hydrogen-bond acceptors (Lipinski definition) is 3. The van der Waals surface area contributed by atoms with Crippen molar-refractivity contribution in [3.63, 3.8) is 0 Å². The van der Waals surface area contributed by atoms with Crippen molar-refractivity contribution < 1.29 is 19.0 Å². The summed E-state index contributed by atoms with van der Waals surface area (Å²) in [6.45, 7) is 1.36. The molecule has 0 saturated carbocycles. The Balaban J connectivity index is 1.93. The molecule has 1 heterocycles. The van der Waals surface area contributed by atoms with E-state index in [4.69, 9.17) is 14.6 Å². The lowest BCUT2D eigenvalue weighted by molar-refractivity contribution is 0.0903. The average molecular weight is 278 g/mol. The predicted octanol–water partition coefficient (Wildman–Crippen LogP) is 2.51.